The topological polar surface area (TPSA) is 90.2 Å². The van der Waals surface area contributed by atoms with Crippen LogP contribution in [0.25, 0.3) is 0 Å². The van der Waals surface area contributed by atoms with Gasteiger partial charge in [-0.15, -0.1) is 0 Å². The molecule has 1 rings (SSSR count). The van der Waals surface area contributed by atoms with E-state index in [2.05, 4.69) is 16.6 Å². The highest BCUT2D eigenvalue weighted by Gasteiger charge is 2.12. The number of aliphatic hydroxyl groups is 1. The van der Waals surface area contributed by atoms with Gasteiger partial charge in [0, 0.05) is 10.6 Å². The van der Waals surface area contributed by atoms with Crippen LogP contribution in [0.5, 0.6) is 0 Å². The van der Waals surface area contributed by atoms with E-state index in [4.69, 9.17) is 22.0 Å². The Balaban J connectivity index is 3.15. The summed E-state index contributed by atoms with van der Waals surface area (Å²) in [6.45, 7) is -0.340. The standard InChI is InChI=1S/C11H9ClN2O3S/c12-10-4-3-9(2-1-6-15)11(8-10)14-18(16,17)7-5-13/h3-4,8,14-15H,6-7H2. The molecule has 0 atom stereocenters. The van der Waals surface area contributed by atoms with Gasteiger partial charge in [0.2, 0.25) is 10.0 Å². The number of aliphatic hydroxyl groups excluding tert-OH is 1. The lowest BCUT2D eigenvalue weighted by Crippen LogP contribution is -2.16. The SMILES string of the molecule is N#CCS(=O)(=O)Nc1cc(Cl)ccc1C#CCO. The summed E-state index contributed by atoms with van der Waals surface area (Å²) >= 11 is 5.76. The molecule has 7 heteroatoms. The average Bonchev–Trinajstić information content (AvgIpc) is 2.27. The Morgan fingerprint density at radius 3 is 2.78 bits per heavy atom. The van der Waals surface area contributed by atoms with Gasteiger partial charge < -0.3 is 5.11 Å². The Kier molecular flexibility index (Phi) is 4.99. The first-order chi connectivity index (χ1) is 8.48. The summed E-state index contributed by atoms with van der Waals surface area (Å²) in [6.07, 6.45) is 0. The normalized spacial score (nSPS) is 10.1. The van der Waals surface area contributed by atoms with Crippen molar-refractivity contribution in [2.45, 2.75) is 0 Å². The van der Waals surface area contributed by atoms with E-state index in [9.17, 15) is 8.42 Å². The zero-order chi connectivity index (χ0) is 13.6. The van der Waals surface area contributed by atoms with E-state index in [1.165, 1.54) is 12.1 Å². The van der Waals surface area contributed by atoms with Crippen molar-refractivity contribution in [3.8, 4) is 17.9 Å². The van der Waals surface area contributed by atoms with Crippen molar-refractivity contribution in [1.82, 2.24) is 0 Å². The van der Waals surface area contributed by atoms with Gasteiger partial charge in [-0.1, -0.05) is 23.4 Å². The van der Waals surface area contributed by atoms with Crippen LogP contribution in [0, 0.1) is 23.2 Å². The van der Waals surface area contributed by atoms with Gasteiger partial charge in [-0.3, -0.25) is 4.72 Å². The molecule has 0 saturated carbocycles. The number of nitrogens with zero attached hydrogens (tertiary/aromatic N) is 1. The quantitative estimate of drug-likeness (QED) is 0.809. The maximum Gasteiger partial charge on any atom is 0.246 e. The maximum absolute atomic E-state index is 11.5. The minimum absolute atomic E-state index is 0.179. The largest absolute Gasteiger partial charge is 0.384 e. The number of rotatable bonds is 3. The molecule has 0 heterocycles. The summed E-state index contributed by atoms with van der Waals surface area (Å²) in [6, 6.07) is 6.00. The first-order valence-electron chi connectivity index (χ1n) is 4.75. The number of sulfonamides is 1. The minimum Gasteiger partial charge on any atom is -0.384 e. The molecule has 5 nitrogen and oxygen atoms in total. The lowest BCUT2D eigenvalue weighted by molar-refractivity contribution is 0.350. The number of halogens is 1. The number of anilines is 1. The highest BCUT2D eigenvalue weighted by molar-refractivity contribution is 7.92. The molecule has 2 N–H and O–H groups in total. The third-order valence-electron chi connectivity index (χ3n) is 1.80. The molecule has 0 fully saturated rings. The van der Waals surface area contributed by atoms with E-state index in [1.54, 1.807) is 12.1 Å². The molecule has 0 radical (unpaired) electrons. The molecular formula is C11H9ClN2O3S. The van der Waals surface area contributed by atoms with Gasteiger partial charge in [-0.05, 0) is 18.2 Å². The second-order valence-corrected chi connectivity index (χ2v) is 5.33. The molecule has 0 saturated heterocycles. The number of nitrogens with one attached hydrogen (secondary N) is 1. The van der Waals surface area contributed by atoms with Crippen molar-refractivity contribution in [1.29, 1.82) is 5.26 Å². The van der Waals surface area contributed by atoms with E-state index >= 15 is 0 Å². The van der Waals surface area contributed by atoms with E-state index in [0.29, 0.717) is 10.6 Å². The van der Waals surface area contributed by atoms with E-state index in [-0.39, 0.29) is 12.3 Å². The molecule has 18 heavy (non-hydrogen) atoms. The molecular weight excluding hydrogens is 276 g/mol. The maximum atomic E-state index is 11.5. The average molecular weight is 285 g/mol. The van der Waals surface area contributed by atoms with Crippen LogP contribution in [0.2, 0.25) is 5.02 Å². The Labute approximate surface area is 110 Å². The van der Waals surface area contributed by atoms with Gasteiger partial charge in [-0.2, -0.15) is 5.26 Å². The predicted molar refractivity (Wildman–Crippen MR) is 68.4 cm³/mol. The fraction of sp³-hybridized carbons (Fsp3) is 0.182. The number of benzene rings is 1. The summed E-state index contributed by atoms with van der Waals surface area (Å²) in [5.41, 5.74) is 0.550. The summed E-state index contributed by atoms with van der Waals surface area (Å²) in [4.78, 5) is 0. The minimum atomic E-state index is -3.75. The van der Waals surface area contributed by atoms with Gasteiger partial charge in [0.1, 0.15) is 6.61 Å². The van der Waals surface area contributed by atoms with E-state index in [0.717, 1.165) is 0 Å². The van der Waals surface area contributed by atoms with Crippen LogP contribution in [0.4, 0.5) is 5.69 Å². The molecule has 1 aromatic rings. The first-order valence-corrected chi connectivity index (χ1v) is 6.78. The van der Waals surface area contributed by atoms with Crippen molar-refractivity contribution in [2.24, 2.45) is 0 Å². The lowest BCUT2D eigenvalue weighted by Gasteiger charge is -2.07. The van der Waals surface area contributed by atoms with Crippen molar-refractivity contribution >= 4 is 27.3 Å². The second-order valence-electron chi connectivity index (χ2n) is 3.17. The molecule has 94 valence electrons. The molecule has 0 spiro atoms. The number of hydrogen-bond acceptors (Lipinski definition) is 4. The van der Waals surface area contributed by atoms with Gasteiger partial charge in [0.25, 0.3) is 0 Å². The molecule has 1 aromatic carbocycles. The second kappa shape index (κ2) is 6.27. The third-order valence-corrected chi connectivity index (χ3v) is 3.08. The Morgan fingerprint density at radius 2 is 2.17 bits per heavy atom. The lowest BCUT2D eigenvalue weighted by atomic mass is 10.2. The molecule has 0 aromatic heterocycles. The summed E-state index contributed by atoms with van der Waals surface area (Å²) in [7, 11) is -3.75. The van der Waals surface area contributed by atoms with E-state index in [1.807, 2.05) is 0 Å². The van der Waals surface area contributed by atoms with Crippen molar-refractivity contribution < 1.29 is 13.5 Å². The summed E-state index contributed by atoms with van der Waals surface area (Å²) in [5.74, 6) is 4.33. The van der Waals surface area contributed by atoms with Gasteiger partial charge in [0.15, 0.2) is 5.75 Å². The molecule has 0 amide bonds. The smallest absolute Gasteiger partial charge is 0.246 e. The highest BCUT2D eigenvalue weighted by Crippen LogP contribution is 2.21. The Hall–Kier alpha value is -1.73. The number of nitriles is 1. The zero-order valence-corrected chi connectivity index (χ0v) is 10.7. The number of hydrogen-bond donors (Lipinski definition) is 2. The van der Waals surface area contributed by atoms with Crippen LogP contribution in [0.1, 0.15) is 5.56 Å². The molecule has 0 aliphatic heterocycles. The highest BCUT2D eigenvalue weighted by atomic mass is 35.5. The molecule has 0 aliphatic rings. The van der Waals surface area contributed by atoms with Crippen LogP contribution in [0.15, 0.2) is 18.2 Å². The van der Waals surface area contributed by atoms with Crippen LogP contribution >= 0.6 is 11.6 Å². The van der Waals surface area contributed by atoms with Gasteiger partial charge in [-0.25, -0.2) is 8.42 Å². The third kappa shape index (κ3) is 4.27. The molecule has 0 bridgehead atoms. The monoisotopic (exact) mass is 284 g/mol. The molecule has 0 aliphatic carbocycles. The summed E-state index contributed by atoms with van der Waals surface area (Å²) in [5, 5.41) is 17.3. The molecule has 0 unspecified atom stereocenters. The van der Waals surface area contributed by atoms with Crippen molar-refractivity contribution in [3.05, 3.63) is 28.8 Å². The van der Waals surface area contributed by atoms with Crippen LogP contribution in [0.3, 0.4) is 0 Å². The fourth-order valence-electron chi connectivity index (χ4n) is 1.13. The summed E-state index contributed by atoms with van der Waals surface area (Å²) < 4.78 is 25.1. The first kappa shape index (κ1) is 14.3. The van der Waals surface area contributed by atoms with Crippen molar-refractivity contribution in [3.63, 3.8) is 0 Å². The van der Waals surface area contributed by atoms with Gasteiger partial charge in [0.05, 0.1) is 11.8 Å². The van der Waals surface area contributed by atoms with Crippen LogP contribution < -0.4 is 4.72 Å². The Morgan fingerprint density at radius 1 is 1.44 bits per heavy atom. The fourth-order valence-corrected chi connectivity index (χ4v) is 2.05. The van der Waals surface area contributed by atoms with Crippen LogP contribution in [-0.4, -0.2) is 25.9 Å². The van der Waals surface area contributed by atoms with Crippen LogP contribution in [-0.2, 0) is 10.0 Å². The predicted octanol–water partition coefficient (Wildman–Crippen LogP) is 0.949. The van der Waals surface area contributed by atoms with E-state index < -0.39 is 15.8 Å². The van der Waals surface area contributed by atoms with Gasteiger partial charge >= 0.3 is 0 Å². The Bertz CT molecular complexity index is 638. The zero-order valence-electron chi connectivity index (χ0n) is 9.14. The van der Waals surface area contributed by atoms with Crippen molar-refractivity contribution in [2.75, 3.05) is 17.1 Å².